The predicted molar refractivity (Wildman–Crippen MR) is 184 cm³/mol. The van der Waals surface area contributed by atoms with E-state index in [-0.39, 0.29) is 42.4 Å². The number of amides is 1. The van der Waals surface area contributed by atoms with Crippen molar-refractivity contribution in [3.8, 4) is 12.1 Å². The van der Waals surface area contributed by atoms with E-state index in [1.165, 1.54) is 11.0 Å². The van der Waals surface area contributed by atoms with Gasteiger partial charge in [0.15, 0.2) is 5.83 Å². The van der Waals surface area contributed by atoms with Crippen LogP contribution in [-0.4, -0.2) is 83.5 Å². The van der Waals surface area contributed by atoms with E-state index >= 15 is 0 Å². The SMILES string of the molecule is C=C(F)C(=O)N1CCN(C2=C(CC#N)C(OCC34CCCN3CCC4)=NC3C=C(c4cccc5ccc(F)c(Cl)c45)C=CC23)C[C@@H]1CC#N. The topological polar surface area (TPSA) is 96.0 Å². The molecule has 0 aromatic heterocycles. The van der Waals surface area contributed by atoms with Gasteiger partial charge in [0.2, 0.25) is 5.90 Å². The van der Waals surface area contributed by atoms with Crippen LogP contribution < -0.4 is 0 Å². The lowest BCUT2D eigenvalue weighted by molar-refractivity contribution is -0.133. The van der Waals surface area contributed by atoms with Crippen molar-refractivity contribution < 1.29 is 18.3 Å². The Labute approximate surface area is 289 Å². The number of halogens is 3. The van der Waals surface area contributed by atoms with Gasteiger partial charge in [-0.15, -0.1) is 0 Å². The average Bonchev–Trinajstić information content (AvgIpc) is 3.69. The number of rotatable bonds is 7. The molecule has 0 N–H and O–H groups in total. The summed E-state index contributed by atoms with van der Waals surface area (Å²) in [6.07, 6.45) is 10.5. The molecule has 4 aliphatic heterocycles. The van der Waals surface area contributed by atoms with Crippen molar-refractivity contribution in [2.24, 2.45) is 10.9 Å². The molecule has 4 heterocycles. The molecule has 0 spiro atoms. The van der Waals surface area contributed by atoms with Crippen LogP contribution >= 0.6 is 11.6 Å². The molecule has 11 heteroatoms. The number of piperazine rings is 1. The van der Waals surface area contributed by atoms with Gasteiger partial charge in [-0.25, -0.2) is 13.8 Å². The second-order valence-electron chi connectivity index (χ2n) is 13.5. The van der Waals surface area contributed by atoms with E-state index in [2.05, 4.69) is 28.5 Å². The number of hydrogen-bond donors (Lipinski definition) is 0. The minimum absolute atomic E-state index is 0.0125. The van der Waals surface area contributed by atoms with E-state index in [1.807, 2.05) is 36.4 Å². The Morgan fingerprint density at radius 1 is 1.12 bits per heavy atom. The highest BCUT2D eigenvalue weighted by atomic mass is 35.5. The normalized spacial score (nSPS) is 24.6. The van der Waals surface area contributed by atoms with Gasteiger partial charge >= 0.3 is 0 Å². The van der Waals surface area contributed by atoms with Crippen molar-refractivity contribution in [2.45, 2.75) is 56.1 Å². The number of fused-ring (bicyclic) bond motifs is 3. The second-order valence-corrected chi connectivity index (χ2v) is 13.8. The highest BCUT2D eigenvalue weighted by Gasteiger charge is 2.46. The number of dihydropyridines is 1. The molecule has 252 valence electrons. The largest absolute Gasteiger partial charge is 0.476 e. The molecule has 7 rings (SSSR count). The summed E-state index contributed by atoms with van der Waals surface area (Å²) in [6.45, 7) is 6.57. The van der Waals surface area contributed by atoms with Crippen molar-refractivity contribution in [3.63, 3.8) is 0 Å². The molecule has 0 bridgehead atoms. The van der Waals surface area contributed by atoms with Crippen LogP contribution in [0, 0.1) is 34.4 Å². The smallest absolute Gasteiger partial charge is 0.282 e. The fraction of sp³-hybridized carbons (Fsp3) is 0.421. The molecule has 3 saturated heterocycles. The van der Waals surface area contributed by atoms with Crippen LogP contribution in [-0.2, 0) is 9.53 Å². The Morgan fingerprint density at radius 2 is 1.92 bits per heavy atom. The third-order valence-corrected chi connectivity index (χ3v) is 11.2. The third-order valence-electron chi connectivity index (χ3n) is 10.8. The Morgan fingerprint density at radius 3 is 2.65 bits per heavy atom. The average molecular weight is 683 g/mol. The van der Waals surface area contributed by atoms with Crippen LogP contribution in [0.3, 0.4) is 0 Å². The summed E-state index contributed by atoms with van der Waals surface area (Å²) in [5.41, 5.74) is 3.10. The third kappa shape index (κ3) is 5.92. The van der Waals surface area contributed by atoms with Gasteiger partial charge in [0.05, 0.1) is 47.6 Å². The molecule has 5 aliphatic rings. The molecule has 2 unspecified atom stereocenters. The van der Waals surface area contributed by atoms with Gasteiger partial charge in [-0.2, -0.15) is 10.5 Å². The van der Waals surface area contributed by atoms with Crippen LogP contribution in [0.1, 0.15) is 44.1 Å². The zero-order valence-electron chi connectivity index (χ0n) is 27.2. The monoisotopic (exact) mass is 682 g/mol. The Balaban J connectivity index is 1.30. The first-order valence-corrected chi connectivity index (χ1v) is 17.2. The lowest BCUT2D eigenvalue weighted by Crippen LogP contribution is -2.56. The van der Waals surface area contributed by atoms with Gasteiger partial charge in [-0.05, 0) is 61.4 Å². The van der Waals surface area contributed by atoms with E-state index in [1.54, 1.807) is 6.07 Å². The minimum atomic E-state index is -1.06. The van der Waals surface area contributed by atoms with Crippen LogP contribution in [0.5, 0.6) is 0 Å². The molecule has 0 radical (unpaired) electrons. The first-order chi connectivity index (χ1) is 23.7. The molecular weight excluding hydrogens is 646 g/mol. The van der Waals surface area contributed by atoms with Crippen molar-refractivity contribution in [1.82, 2.24) is 14.7 Å². The fourth-order valence-corrected chi connectivity index (χ4v) is 8.77. The summed E-state index contributed by atoms with van der Waals surface area (Å²) in [7, 11) is 0. The van der Waals surface area contributed by atoms with E-state index in [0.29, 0.717) is 30.0 Å². The first-order valence-electron chi connectivity index (χ1n) is 16.8. The van der Waals surface area contributed by atoms with Crippen molar-refractivity contribution in [3.05, 3.63) is 88.6 Å². The van der Waals surface area contributed by atoms with Crippen molar-refractivity contribution in [2.75, 3.05) is 39.3 Å². The molecule has 2 aromatic carbocycles. The summed E-state index contributed by atoms with van der Waals surface area (Å²) < 4.78 is 35.4. The van der Waals surface area contributed by atoms with Gasteiger partial charge in [-0.3, -0.25) is 9.69 Å². The standard InChI is InChI=1S/C38H37ClF2N6O2/c1-24(40)37(48)47-20-19-45(22-27(47)11-15-42)35-29-9-7-26(28-6-2-5-25-8-10-31(41)34(39)33(25)28)21-32(29)44-36(30(35)12-16-43)49-23-38-13-3-17-46(38)18-4-14-38/h2,5-10,21,27,29,32H,1,3-4,11-14,17-20,22-23H2/t27-,29?,32?/m0/s1. The molecule has 3 atom stereocenters. The first kappa shape index (κ1) is 33.0. The van der Waals surface area contributed by atoms with Gasteiger partial charge < -0.3 is 14.5 Å². The Bertz CT molecular complexity index is 1910. The van der Waals surface area contributed by atoms with Gasteiger partial charge in [0.1, 0.15) is 12.4 Å². The van der Waals surface area contributed by atoms with Gasteiger partial charge in [0, 0.05) is 42.2 Å². The number of nitrogens with zero attached hydrogens (tertiary/aromatic N) is 6. The number of benzene rings is 2. The summed E-state index contributed by atoms with van der Waals surface area (Å²) in [5.74, 6) is -2.23. The summed E-state index contributed by atoms with van der Waals surface area (Å²) in [4.78, 5) is 23.9. The summed E-state index contributed by atoms with van der Waals surface area (Å²) in [6, 6.07) is 12.3. The molecular formula is C38H37ClF2N6O2. The van der Waals surface area contributed by atoms with Gasteiger partial charge in [-0.1, -0.05) is 60.7 Å². The number of carbonyl (C=O) groups is 1. The maximum Gasteiger partial charge on any atom is 0.282 e. The van der Waals surface area contributed by atoms with Crippen LogP contribution in [0.15, 0.2) is 77.2 Å². The lowest BCUT2D eigenvalue weighted by Gasteiger charge is -2.46. The van der Waals surface area contributed by atoms with Crippen molar-refractivity contribution in [1.29, 1.82) is 10.5 Å². The molecule has 2 aromatic rings. The highest BCUT2D eigenvalue weighted by molar-refractivity contribution is 6.36. The number of allylic oxidation sites excluding steroid dienone is 2. The zero-order valence-corrected chi connectivity index (χ0v) is 27.9. The van der Waals surface area contributed by atoms with E-state index < -0.39 is 29.6 Å². The van der Waals surface area contributed by atoms with E-state index in [4.69, 9.17) is 21.3 Å². The second kappa shape index (κ2) is 13.4. The lowest BCUT2D eigenvalue weighted by atomic mass is 9.81. The minimum Gasteiger partial charge on any atom is -0.476 e. The van der Waals surface area contributed by atoms with Gasteiger partial charge in [0.25, 0.3) is 5.91 Å². The Hall–Kier alpha value is -4.51. The van der Waals surface area contributed by atoms with Crippen LogP contribution in [0.4, 0.5) is 8.78 Å². The summed E-state index contributed by atoms with van der Waals surface area (Å²) >= 11 is 6.53. The molecule has 0 saturated carbocycles. The fourth-order valence-electron chi connectivity index (χ4n) is 8.50. The quantitative estimate of drug-likeness (QED) is 0.302. The molecule has 1 aliphatic carbocycles. The predicted octanol–water partition coefficient (Wildman–Crippen LogP) is 6.70. The summed E-state index contributed by atoms with van der Waals surface area (Å²) in [5, 5.41) is 21.2. The van der Waals surface area contributed by atoms with E-state index in [9.17, 15) is 24.1 Å². The highest BCUT2D eigenvalue weighted by Crippen LogP contribution is 2.43. The van der Waals surface area contributed by atoms with Crippen LogP contribution in [0.2, 0.25) is 5.02 Å². The van der Waals surface area contributed by atoms with Crippen molar-refractivity contribution >= 4 is 39.8 Å². The number of nitriles is 2. The van der Waals surface area contributed by atoms with E-state index in [0.717, 1.165) is 61.0 Å². The maximum absolute atomic E-state index is 14.7. The van der Waals surface area contributed by atoms with Crippen LogP contribution in [0.25, 0.3) is 16.3 Å². The molecule has 8 nitrogen and oxygen atoms in total. The molecule has 49 heavy (non-hydrogen) atoms. The number of carbonyl (C=O) groups excluding carboxylic acids is 1. The number of aliphatic imine (C=N–C) groups is 1. The number of hydrogen-bond acceptors (Lipinski definition) is 7. The number of ether oxygens (including phenoxy) is 1. The Kier molecular flexibility index (Phi) is 9.04. The maximum atomic E-state index is 14.7. The molecule has 1 amide bonds. The molecule has 3 fully saturated rings. The zero-order chi connectivity index (χ0) is 34.3.